The third-order valence-corrected chi connectivity index (χ3v) is 3.85. The van der Waals surface area contributed by atoms with Crippen molar-refractivity contribution in [3.05, 3.63) is 60.4 Å². The number of hydrogen-bond acceptors (Lipinski definition) is 3. The van der Waals surface area contributed by atoms with Crippen molar-refractivity contribution in [3.63, 3.8) is 0 Å². The van der Waals surface area contributed by atoms with Crippen molar-refractivity contribution in [3.8, 4) is 0 Å². The summed E-state index contributed by atoms with van der Waals surface area (Å²) in [5.74, 6) is -0.122. The molecule has 112 valence electrons. The second-order valence-electron chi connectivity index (χ2n) is 5.41. The topological polar surface area (TPSA) is 45.6 Å². The van der Waals surface area contributed by atoms with Gasteiger partial charge in [-0.15, -0.1) is 0 Å². The van der Waals surface area contributed by atoms with Crippen LogP contribution in [0.2, 0.25) is 0 Å². The Morgan fingerprint density at radius 1 is 1.14 bits per heavy atom. The minimum atomic E-state index is -0.177. The van der Waals surface area contributed by atoms with Crippen LogP contribution in [0.4, 0.5) is 5.69 Å². The molecule has 0 N–H and O–H groups in total. The van der Waals surface area contributed by atoms with E-state index in [2.05, 4.69) is 17.0 Å². The molecule has 4 nitrogen and oxygen atoms in total. The molecule has 2 heterocycles. The highest BCUT2D eigenvalue weighted by Crippen LogP contribution is 2.29. The minimum Gasteiger partial charge on any atom is -0.272 e. The fraction of sp³-hybridized carbons (Fsp3) is 0.278. The van der Waals surface area contributed by atoms with Crippen molar-refractivity contribution >= 4 is 17.3 Å². The second-order valence-corrected chi connectivity index (χ2v) is 5.41. The number of hydrogen-bond donors (Lipinski definition) is 0. The number of carbonyl (C=O) groups excluding carboxylic acids is 1. The number of anilines is 1. The summed E-state index contributed by atoms with van der Waals surface area (Å²) in [6, 6.07) is 13.4. The quantitative estimate of drug-likeness (QED) is 0.845. The van der Waals surface area contributed by atoms with Crippen molar-refractivity contribution < 1.29 is 4.79 Å². The molecular formula is C18H19N3O. The van der Waals surface area contributed by atoms with Gasteiger partial charge >= 0.3 is 0 Å². The van der Waals surface area contributed by atoms with Crippen LogP contribution in [-0.2, 0) is 4.79 Å². The number of hydrazone groups is 1. The van der Waals surface area contributed by atoms with E-state index in [0.29, 0.717) is 0 Å². The van der Waals surface area contributed by atoms with Crippen molar-refractivity contribution in [1.29, 1.82) is 0 Å². The Hall–Kier alpha value is -2.49. The Morgan fingerprint density at radius 3 is 2.64 bits per heavy atom. The number of nitrogens with zero attached hydrogens (tertiary/aromatic N) is 3. The molecule has 1 aliphatic rings. The van der Waals surface area contributed by atoms with Crippen LogP contribution in [0.15, 0.2) is 60.0 Å². The van der Waals surface area contributed by atoms with Crippen LogP contribution in [0, 0.1) is 5.92 Å². The van der Waals surface area contributed by atoms with Gasteiger partial charge in [-0.2, -0.15) is 10.1 Å². The summed E-state index contributed by atoms with van der Waals surface area (Å²) < 4.78 is 0. The van der Waals surface area contributed by atoms with E-state index in [1.807, 2.05) is 42.5 Å². The maximum atomic E-state index is 12.8. The third kappa shape index (κ3) is 2.77. The van der Waals surface area contributed by atoms with E-state index >= 15 is 0 Å². The lowest BCUT2D eigenvalue weighted by atomic mass is 9.93. The smallest absolute Gasteiger partial charge is 0.256 e. The van der Waals surface area contributed by atoms with Crippen molar-refractivity contribution in [2.24, 2.45) is 11.0 Å². The Balaban J connectivity index is 1.97. The van der Waals surface area contributed by atoms with E-state index in [9.17, 15) is 4.79 Å². The number of benzene rings is 1. The SMILES string of the molecule is CCCCC1C(=O)N(c2ccccc2)N=C1c1cccnc1. The van der Waals surface area contributed by atoms with Gasteiger partial charge in [-0.05, 0) is 30.7 Å². The van der Waals surface area contributed by atoms with Gasteiger partial charge in [0.25, 0.3) is 5.91 Å². The van der Waals surface area contributed by atoms with Gasteiger partial charge < -0.3 is 0 Å². The summed E-state index contributed by atoms with van der Waals surface area (Å²) in [6.45, 7) is 2.13. The first-order chi connectivity index (χ1) is 10.8. The zero-order valence-corrected chi connectivity index (χ0v) is 12.6. The molecule has 0 saturated carbocycles. The lowest BCUT2D eigenvalue weighted by Gasteiger charge is -2.14. The molecule has 0 spiro atoms. The highest BCUT2D eigenvalue weighted by molar-refractivity contribution is 6.21. The number of unbranched alkanes of at least 4 members (excludes halogenated alkanes) is 1. The Morgan fingerprint density at radius 2 is 1.95 bits per heavy atom. The predicted octanol–water partition coefficient (Wildman–Crippen LogP) is 3.64. The summed E-state index contributed by atoms with van der Waals surface area (Å²) in [7, 11) is 0. The van der Waals surface area contributed by atoms with Gasteiger partial charge in [0.2, 0.25) is 0 Å². The Labute approximate surface area is 130 Å². The molecule has 0 saturated heterocycles. The Bertz CT molecular complexity index is 667. The lowest BCUT2D eigenvalue weighted by molar-refractivity contribution is -0.119. The van der Waals surface area contributed by atoms with Crippen LogP contribution in [0.25, 0.3) is 0 Å². The van der Waals surface area contributed by atoms with Gasteiger partial charge in [0, 0.05) is 18.0 Å². The zero-order valence-electron chi connectivity index (χ0n) is 12.6. The molecule has 4 heteroatoms. The highest BCUT2D eigenvalue weighted by atomic mass is 16.2. The molecule has 0 radical (unpaired) electrons. The highest BCUT2D eigenvalue weighted by Gasteiger charge is 2.36. The normalized spacial score (nSPS) is 17.7. The molecule has 1 aromatic carbocycles. The summed E-state index contributed by atoms with van der Waals surface area (Å²) in [5.41, 5.74) is 2.57. The van der Waals surface area contributed by atoms with Gasteiger partial charge in [0.05, 0.1) is 17.3 Å². The third-order valence-electron chi connectivity index (χ3n) is 3.85. The first-order valence-corrected chi connectivity index (χ1v) is 7.69. The first-order valence-electron chi connectivity index (χ1n) is 7.69. The standard InChI is InChI=1S/C18H19N3O/c1-2-3-11-16-17(14-8-7-12-19-13-14)20-21(18(16)22)15-9-5-4-6-10-15/h4-10,12-13,16H,2-3,11H2,1H3. The van der Waals surface area contributed by atoms with E-state index in [4.69, 9.17) is 0 Å². The van der Waals surface area contributed by atoms with Gasteiger partial charge in [0.15, 0.2) is 0 Å². The fourth-order valence-electron chi connectivity index (χ4n) is 2.69. The molecule has 22 heavy (non-hydrogen) atoms. The van der Waals surface area contributed by atoms with Crippen molar-refractivity contribution in [2.45, 2.75) is 26.2 Å². The summed E-state index contributed by atoms with van der Waals surface area (Å²) in [4.78, 5) is 16.9. The van der Waals surface area contributed by atoms with Crippen molar-refractivity contribution in [2.75, 3.05) is 5.01 Å². The lowest BCUT2D eigenvalue weighted by Crippen LogP contribution is -2.27. The van der Waals surface area contributed by atoms with Crippen LogP contribution in [-0.4, -0.2) is 16.6 Å². The van der Waals surface area contributed by atoms with Crippen LogP contribution in [0.5, 0.6) is 0 Å². The van der Waals surface area contributed by atoms with Crippen LogP contribution in [0.1, 0.15) is 31.7 Å². The molecule has 1 unspecified atom stereocenters. The van der Waals surface area contributed by atoms with E-state index < -0.39 is 0 Å². The molecule has 1 aliphatic heterocycles. The van der Waals surface area contributed by atoms with Gasteiger partial charge in [-0.3, -0.25) is 9.78 Å². The van der Waals surface area contributed by atoms with E-state index in [0.717, 1.165) is 36.2 Å². The summed E-state index contributed by atoms with van der Waals surface area (Å²) in [5, 5.41) is 6.13. The van der Waals surface area contributed by atoms with Gasteiger partial charge in [-0.25, -0.2) is 0 Å². The molecule has 3 rings (SSSR count). The summed E-state index contributed by atoms with van der Waals surface area (Å²) >= 11 is 0. The molecule has 0 fully saturated rings. The molecule has 1 amide bonds. The number of carbonyl (C=O) groups is 1. The Kier molecular flexibility index (Phi) is 4.28. The molecule has 0 bridgehead atoms. The van der Waals surface area contributed by atoms with Gasteiger partial charge in [0.1, 0.15) is 0 Å². The van der Waals surface area contributed by atoms with Gasteiger partial charge in [-0.1, -0.05) is 38.0 Å². The minimum absolute atomic E-state index is 0.0542. The fourth-order valence-corrected chi connectivity index (χ4v) is 2.69. The summed E-state index contributed by atoms with van der Waals surface area (Å²) in [6.07, 6.45) is 6.41. The maximum Gasteiger partial charge on any atom is 0.256 e. The number of amides is 1. The van der Waals surface area contributed by atoms with Crippen LogP contribution >= 0.6 is 0 Å². The van der Waals surface area contributed by atoms with E-state index in [-0.39, 0.29) is 11.8 Å². The monoisotopic (exact) mass is 293 g/mol. The molecule has 1 atom stereocenters. The molecule has 2 aromatic rings. The maximum absolute atomic E-state index is 12.8. The predicted molar refractivity (Wildman–Crippen MR) is 87.7 cm³/mol. The second kappa shape index (κ2) is 6.52. The molecular weight excluding hydrogens is 274 g/mol. The average molecular weight is 293 g/mol. The zero-order chi connectivity index (χ0) is 15.4. The number of aromatic nitrogens is 1. The number of rotatable bonds is 5. The van der Waals surface area contributed by atoms with E-state index in [1.165, 1.54) is 5.01 Å². The van der Waals surface area contributed by atoms with Crippen LogP contribution < -0.4 is 5.01 Å². The average Bonchev–Trinajstić information content (AvgIpc) is 2.91. The molecule has 1 aromatic heterocycles. The first kappa shape index (κ1) is 14.4. The van der Waals surface area contributed by atoms with Crippen molar-refractivity contribution in [1.82, 2.24) is 4.98 Å². The number of pyridine rings is 1. The largest absolute Gasteiger partial charge is 0.272 e. The number of para-hydroxylation sites is 1. The van der Waals surface area contributed by atoms with Crippen LogP contribution in [0.3, 0.4) is 0 Å². The van der Waals surface area contributed by atoms with E-state index in [1.54, 1.807) is 12.4 Å². The molecule has 0 aliphatic carbocycles.